The Morgan fingerprint density at radius 3 is 2.92 bits per heavy atom. The highest BCUT2D eigenvalue weighted by Crippen LogP contribution is 2.30. The summed E-state index contributed by atoms with van der Waals surface area (Å²) in [6.07, 6.45) is 0. The van der Waals surface area contributed by atoms with Gasteiger partial charge in [0.15, 0.2) is 11.8 Å². The zero-order valence-electron chi connectivity index (χ0n) is 14.3. The minimum atomic E-state index is -0.137. The van der Waals surface area contributed by atoms with Gasteiger partial charge in [-0.1, -0.05) is 42.1 Å². The molecule has 0 saturated heterocycles. The van der Waals surface area contributed by atoms with Crippen LogP contribution in [0.2, 0.25) is 0 Å². The monoisotopic (exact) mass is 366 g/mol. The normalized spacial score (nSPS) is 18.0. The molecule has 2 aromatic rings. The molecule has 2 aliphatic rings. The summed E-state index contributed by atoms with van der Waals surface area (Å²) in [6.45, 7) is 0.702. The molecule has 0 bridgehead atoms. The number of hydrogen-bond donors (Lipinski definition) is 1. The van der Waals surface area contributed by atoms with Gasteiger partial charge in [-0.25, -0.2) is 5.01 Å². The van der Waals surface area contributed by atoms with E-state index in [1.165, 1.54) is 5.56 Å². The lowest BCUT2D eigenvalue weighted by Gasteiger charge is -2.24. The van der Waals surface area contributed by atoms with Crippen LogP contribution in [0.4, 0.5) is 5.69 Å². The van der Waals surface area contributed by atoms with Gasteiger partial charge in [0.2, 0.25) is 0 Å². The zero-order valence-corrected chi connectivity index (χ0v) is 15.1. The third-order valence-electron chi connectivity index (χ3n) is 4.07. The van der Waals surface area contributed by atoms with Crippen LogP contribution >= 0.6 is 11.8 Å². The molecule has 6 nitrogen and oxygen atoms in total. The number of thioether (sulfide) groups is 1. The van der Waals surface area contributed by atoms with Crippen molar-refractivity contribution in [2.75, 3.05) is 24.7 Å². The summed E-state index contributed by atoms with van der Waals surface area (Å²) in [5.41, 5.74) is 3.78. The lowest BCUT2D eigenvalue weighted by Crippen LogP contribution is -2.28. The van der Waals surface area contributed by atoms with E-state index < -0.39 is 0 Å². The van der Waals surface area contributed by atoms with Gasteiger partial charge in [-0.05, 0) is 23.8 Å². The minimum absolute atomic E-state index is 0.0626. The number of hydrogen-bond acceptors (Lipinski definition) is 5. The van der Waals surface area contributed by atoms with Crippen LogP contribution in [0, 0.1) is 0 Å². The fourth-order valence-electron chi connectivity index (χ4n) is 2.77. The summed E-state index contributed by atoms with van der Waals surface area (Å²) < 4.78 is 5.40. The molecule has 0 fully saturated rings. The summed E-state index contributed by atoms with van der Waals surface area (Å²) in [4.78, 5) is 16.2. The molecule has 0 unspecified atom stereocenters. The molecule has 0 atom stereocenters. The Morgan fingerprint density at radius 1 is 1.27 bits per heavy atom. The molecular weight excluding hydrogens is 348 g/mol. The number of hydrazone groups is 1. The number of fused-ring (bicyclic) bond motifs is 1. The number of ether oxygens (including phenoxy) is 1. The maximum atomic E-state index is 11.5. The topological polar surface area (TPSA) is 66.3 Å². The SMILES string of the molecule is CN1N=C(c2ccc3c(c2)NC(=O)CO3)CSC1=NCc1ccccc1. The highest BCUT2D eigenvalue weighted by Gasteiger charge is 2.21. The van der Waals surface area contributed by atoms with Crippen molar-refractivity contribution >= 4 is 34.2 Å². The second-order valence-electron chi connectivity index (χ2n) is 5.99. The van der Waals surface area contributed by atoms with Crippen LogP contribution < -0.4 is 10.1 Å². The number of carbonyl (C=O) groups excluding carboxylic acids is 1. The maximum absolute atomic E-state index is 11.5. The van der Waals surface area contributed by atoms with Crippen molar-refractivity contribution < 1.29 is 9.53 Å². The van der Waals surface area contributed by atoms with E-state index in [1.54, 1.807) is 16.8 Å². The first kappa shape index (κ1) is 16.7. The summed E-state index contributed by atoms with van der Waals surface area (Å²) in [6, 6.07) is 15.9. The molecule has 2 aromatic carbocycles. The summed E-state index contributed by atoms with van der Waals surface area (Å²) >= 11 is 1.66. The lowest BCUT2D eigenvalue weighted by molar-refractivity contribution is -0.118. The van der Waals surface area contributed by atoms with Crippen molar-refractivity contribution in [2.24, 2.45) is 10.1 Å². The van der Waals surface area contributed by atoms with Gasteiger partial charge in [-0.15, -0.1) is 0 Å². The number of aliphatic imine (C=N–C) groups is 1. The molecule has 0 aliphatic carbocycles. The number of nitrogens with zero attached hydrogens (tertiary/aromatic N) is 3. The van der Waals surface area contributed by atoms with E-state index in [4.69, 9.17) is 4.74 Å². The van der Waals surface area contributed by atoms with Crippen LogP contribution in [-0.2, 0) is 11.3 Å². The zero-order chi connectivity index (χ0) is 17.9. The fourth-order valence-corrected chi connectivity index (χ4v) is 3.65. The molecule has 1 amide bonds. The Kier molecular flexibility index (Phi) is 4.62. The molecule has 2 aliphatic heterocycles. The van der Waals surface area contributed by atoms with Crippen molar-refractivity contribution in [3.63, 3.8) is 0 Å². The van der Waals surface area contributed by atoms with Crippen molar-refractivity contribution in [1.29, 1.82) is 0 Å². The van der Waals surface area contributed by atoms with Gasteiger partial charge in [0.25, 0.3) is 5.91 Å². The Morgan fingerprint density at radius 2 is 2.12 bits per heavy atom. The van der Waals surface area contributed by atoms with Crippen molar-refractivity contribution in [1.82, 2.24) is 5.01 Å². The molecule has 0 saturated carbocycles. The molecule has 0 aromatic heterocycles. The first-order chi connectivity index (χ1) is 12.7. The van der Waals surface area contributed by atoms with Crippen LogP contribution in [-0.4, -0.2) is 41.2 Å². The van der Waals surface area contributed by atoms with Crippen molar-refractivity contribution in [3.05, 3.63) is 59.7 Å². The van der Waals surface area contributed by atoms with Gasteiger partial charge in [0, 0.05) is 18.4 Å². The third kappa shape index (κ3) is 3.57. The summed E-state index contributed by atoms with van der Waals surface area (Å²) in [7, 11) is 1.90. The van der Waals surface area contributed by atoms with E-state index in [9.17, 15) is 4.79 Å². The van der Waals surface area contributed by atoms with E-state index in [-0.39, 0.29) is 12.5 Å². The quantitative estimate of drug-likeness (QED) is 0.907. The Bertz CT molecular complexity index is 896. The van der Waals surface area contributed by atoms with Gasteiger partial charge in [-0.3, -0.25) is 9.79 Å². The van der Waals surface area contributed by atoms with Crippen molar-refractivity contribution in [2.45, 2.75) is 6.54 Å². The highest BCUT2D eigenvalue weighted by atomic mass is 32.2. The van der Waals surface area contributed by atoms with Gasteiger partial charge < -0.3 is 10.1 Å². The molecule has 7 heteroatoms. The maximum Gasteiger partial charge on any atom is 0.262 e. The second kappa shape index (κ2) is 7.21. The van der Waals surface area contributed by atoms with Crippen LogP contribution in [0.3, 0.4) is 0 Å². The molecule has 26 heavy (non-hydrogen) atoms. The number of nitrogens with one attached hydrogen (secondary N) is 1. The third-order valence-corrected chi connectivity index (χ3v) is 5.14. The molecular formula is C19H18N4O2S. The standard InChI is InChI=1S/C19H18N4O2S/c1-23-19(20-10-13-5-3-2-4-6-13)26-12-16(22-23)14-7-8-17-15(9-14)21-18(24)11-25-17/h2-9H,10-12H2,1H3,(H,21,24). The van der Waals surface area contributed by atoms with E-state index in [0.29, 0.717) is 18.0 Å². The van der Waals surface area contributed by atoms with Gasteiger partial charge in [0.05, 0.1) is 17.9 Å². The first-order valence-corrected chi connectivity index (χ1v) is 9.27. The van der Waals surface area contributed by atoms with Gasteiger partial charge in [0.1, 0.15) is 5.75 Å². The fraction of sp³-hybridized carbons (Fsp3) is 0.211. The smallest absolute Gasteiger partial charge is 0.262 e. The van der Waals surface area contributed by atoms with Gasteiger partial charge >= 0.3 is 0 Å². The van der Waals surface area contributed by atoms with Gasteiger partial charge in [-0.2, -0.15) is 5.10 Å². The van der Waals surface area contributed by atoms with Crippen molar-refractivity contribution in [3.8, 4) is 5.75 Å². The minimum Gasteiger partial charge on any atom is -0.482 e. The predicted molar refractivity (Wildman–Crippen MR) is 105 cm³/mol. The number of amidine groups is 1. The van der Waals surface area contributed by atoms with E-state index in [0.717, 1.165) is 22.2 Å². The first-order valence-electron chi connectivity index (χ1n) is 8.28. The Labute approximate surface area is 156 Å². The molecule has 4 rings (SSSR count). The molecule has 0 spiro atoms. The Balaban J connectivity index is 1.51. The lowest BCUT2D eigenvalue weighted by atomic mass is 10.1. The number of carbonyl (C=O) groups is 1. The highest BCUT2D eigenvalue weighted by molar-refractivity contribution is 8.14. The van der Waals surface area contributed by atoms with E-state index in [1.807, 2.05) is 43.4 Å². The van der Waals surface area contributed by atoms with E-state index >= 15 is 0 Å². The molecule has 0 radical (unpaired) electrons. The molecule has 1 N–H and O–H groups in total. The largest absolute Gasteiger partial charge is 0.482 e. The summed E-state index contributed by atoms with van der Waals surface area (Å²) in [5.74, 6) is 1.28. The number of anilines is 1. The van der Waals surface area contributed by atoms with Crippen LogP contribution in [0.25, 0.3) is 0 Å². The second-order valence-corrected chi connectivity index (χ2v) is 6.93. The van der Waals surface area contributed by atoms with Crippen LogP contribution in [0.15, 0.2) is 58.6 Å². The predicted octanol–water partition coefficient (Wildman–Crippen LogP) is 2.96. The number of rotatable bonds is 3. The van der Waals surface area contributed by atoms with Crippen LogP contribution in [0.5, 0.6) is 5.75 Å². The molecule has 132 valence electrons. The average molecular weight is 366 g/mol. The Hall–Kier alpha value is -2.80. The number of benzene rings is 2. The molecule has 2 heterocycles. The van der Waals surface area contributed by atoms with Crippen LogP contribution in [0.1, 0.15) is 11.1 Å². The number of amides is 1. The summed E-state index contributed by atoms with van der Waals surface area (Å²) in [5, 5.41) is 10.2. The average Bonchev–Trinajstić information content (AvgIpc) is 2.67. The van der Waals surface area contributed by atoms with E-state index in [2.05, 4.69) is 27.5 Å².